The first kappa shape index (κ1) is 18.0. The van der Waals surface area contributed by atoms with Gasteiger partial charge in [-0.2, -0.15) is 0 Å². The monoisotopic (exact) mass is 381 g/mol. The number of rotatable bonds is 5. The lowest BCUT2D eigenvalue weighted by Crippen LogP contribution is -2.49. The second-order valence-electron chi connectivity index (χ2n) is 6.39. The lowest BCUT2D eigenvalue weighted by Gasteiger charge is -2.38. The summed E-state index contributed by atoms with van der Waals surface area (Å²) < 4.78 is 1.01. The van der Waals surface area contributed by atoms with Crippen molar-refractivity contribution in [1.82, 2.24) is 4.90 Å². The zero-order valence-electron chi connectivity index (χ0n) is 13.7. The minimum absolute atomic E-state index is 0.0888. The van der Waals surface area contributed by atoms with Gasteiger partial charge in [0, 0.05) is 23.0 Å². The molecule has 23 heavy (non-hydrogen) atoms. The number of carboxylic acids is 1. The van der Waals surface area contributed by atoms with Crippen LogP contribution in [0.15, 0.2) is 28.7 Å². The van der Waals surface area contributed by atoms with E-state index in [0.717, 1.165) is 22.9 Å². The molecule has 1 amide bonds. The molecular weight excluding hydrogens is 358 g/mol. The smallest absolute Gasteiger partial charge is 0.308 e. The van der Waals surface area contributed by atoms with Crippen LogP contribution in [0, 0.1) is 11.8 Å². The maximum absolute atomic E-state index is 12.9. The number of amides is 1. The van der Waals surface area contributed by atoms with E-state index < -0.39 is 11.9 Å². The molecule has 2 rings (SSSR count). The normalized spacial score (nSPS) is 22.7. The molecule has 1 aromatic rings. The van der Waals surface area contributed by atoms with Gasteiger partial charge in [0.1, 0.15) is 0 Å². The number of nitrogens with zero attached hydrogens (tertiary/aromatic N) is 1. The van der Waals surface area contributed by atoms with Crippen molar-refractivity contribution in [2.24, 2.45) is 11.8 Å². The summed E-state index contributed by atoms with van der Waals surface area (Å²) >= 11 is 3.46. The lowest BCUT2D eigenvalue weighted by molar-refractivity contribution is -0.148. The van der Waals surface area contributed by atoms with Gasteiger partial charge in [0.05, 0.1) is 5.92 Å². The van der Waals surface area contributed by atoms with Crippen molar-refractivity contribution in [2.45, 2.75) is 45.6 Å². The summed E-state index contributed by atoms with van der Waals surface area (Å²) in [6.45, 7) is 4.37. The van der Waals surface area contributed by atoms with Crippen LogP contribution in [0.1, 0.15) is 38.7 Å². The van der Waals surface area contributed by atoms with Gasteiger partial charge in [-0.3, -0.25) is 9.59 Å². The van der Waals surface area contributed by atoms with E-state index in [1.807, 2.05) is 38.1 Å². The topological polar surface area (TPSA) is 57.6 Å². The Kier molecular flexibility index (Phi) is 6.22. The number of piperidine rings is 1. The number of aliphatic carboxylic acids is 1. The van der Waals surface area contributed by atoms with Gasteiger partial charge in [-0.25, -0.2) is 0 Å². The van der Waals surface area contributed by atoms with Crippen molar-refractivity contribution in [3.8, 4) is 0 Å². The average Bonchev–Trinajstić information content (AvgIpc) is 2.52. The van der Waals surface area contributed by atoms with Gasteiger partial charge in [-0.05, 0) is 50.3 Å². The molecule has 126 valence electrons. The van der Waals surface area contributed by atoms with Crippen molar-refractivity contribution in [2.75, 3.05) is 6.54 Å². The van der Waals surface area contributed by atoms with Crippen molar-refractivity contribution in [3.05, 3.63) is 34.3 Å². The zero-order chi connectivity index (χ0) is 17.0. The van der Waals surface area contributed by atoms with Crippen LogP contribution in [-0.2, 0) is 16.0 Å². The van der Waals surface area contributed by atoms with Crippen LogP contribution in [0.25, 0.3) is 0 Å². The Labute approximate surface area is 146 Å². The number of benzene rings is 1. The van der Waals surface area contributed by atoms with Gasteiger partial charge in [0.2, 0.25) is 5.91 Å². The highest BCUT2D eigenvalue weighted by atomic mass is 79.9. The zero-order valence-corrected chi connectivity index (χ0v) is 15.3. The van der Waals surface area contributed by atoms with Gasteiger partial charge < -0.3 is 10.0 Å². The van der Waals surface area contributed by atoms with E-state index in [-0.39, 0.29) is 17.9 Å². The van der Waals surface area contributed by atoms with Gasteiger partial charge in [0.25, 0.3) is 0 Å². The molecule has 1 saturated heterocycles. The first-order valence-corrected chi connectivity index (χ1v) is 8.99. The third-order valence-corrected chi connectivity index (χ3v) is 5.22. The van der Waals surface area contributed by atoms with E-state index in [0.29, 0.717) is 19.4 Å². The van der Waals surface area contributed by atoms with E-state index in [9.17, 15) is 14.7 Å². The van der Waals surface area contributed by atoms with Crippen LogP contribution in [0.3, 0.4) is 0 Å². The Bertz CT molecular complexity index is 575. The standard InChI is InChI=1S/C18H24BrNO3/c1-3-14(9-13-5-4-6-16(19)10-13)17(21)20-11-15(18(22)23)8-7-12(20)2/h4-6,10,12,14-15H,3,7-9,11H2,1-2H3,(H,22,23). The molecule has 3 unspecified atom stereocenters. The molecule has 0 radical (unpaired) electrons. The number of carbonyl (C=O) groups excluding carboxylic acids is 1. The third-order valence-electron chi connectivity index (χ3n) is 4.73. The summed E-state index contributed by atoms with van der Waals surface area (Å²) in [5.41, 5.74) is 1.12. The largest absolute Gasteiger partial charge is 0.481 e. The summed E-state index contributed by atoms with van der Waals surface area (Å²) in [5.74, 6) is -1.24. The molecule has 1 aliphatic heterocycles. The molecule has 3 atom stereocenters. The summed E-state index contributed by atoms with van der Waals surface area (Å²) in [7, 11) is 0. The molecule has 0 spiro atoms. The fourth-order valence-corrected chi connectivity index (χ4v) is 3.65. The minimum Gasteiger partial charge on any atom is -0.481 e. The average molecular weight is 382 g/mol. The molecule has 5 heteroatoms. The van der Waals surface area contributed by atoms with Crippen molar-refractivity contribution >= 4 is 27.8 Å². The predicted octanol–water partition coefficient (Wildman–Crippen LogP) is 3.73. The quantitative estimate of drug-likeness (QED) is 0.844. The van der Waals surface area contributed by atoms with Gasteiger partial charge >= 0.3 is 5.97 Å². The first-order valence-electron chi connectivity index (χ1n) is 8.20. The summed E-state index contributed by atoms with van der Waals surface area (Å²) in [5, 5.41) is 9.24. The highest BCUT2D eigenvalue weighted by molar-refractivity contribution is 9.10. The molecule has 1 aromatic carbocycles. The molecule has 0 aliphatic carbocycles. The second-order valence-corrected chi connectivity index (χ2v) is 7.31. The Morgan fingerprint density at radius 3 is 2.74 bits per heavy atom. The highest BCUT2D eigenvalue weighted by Crippen LogP contribution is 2.26. The molecule has 0 saturated carbocycles. The van der Waals surface area contributed by atoms with Crippen LogP contribution in [0.2, 0.25) is 0 Å². The minimum atomic E-state index is -0.797. The van der Waals surface area contributed by atoms with Crippen LogP contribution < -0.4 is 0 Å². The number of hydrogen-bond acceptors (Lipinski definition) is 2. The molecular formula is C18H24BrNO3. The Morgan fingerprint density at radius 1 is 1.39 bits per heavy atom. The predicted molar refractivity (Wildman–Crippen MR) is 93.2 cm³/mol. The number of likely N-dealkylation sites (tertiary alicyclic amines) is 1. The van der Waals surface area contributed by atoms with Crippen LogP contribution in [0.4, 0.5) is 0 Å². The molecule has 1 aliphatic rings. The highest BCUT2D eigenvalue weighted by Gasteiger charge is 2.34. The fourth-order valence-electron chi connectivity index (χ4n) is 3.20. The fraction of sp³-hybridized carbons (Fsp3) is 0.556. The van der Waals surface area contributed by atoms with E-state index in [2.05, 4.69) is 15.9 Å². The number of hydrogen-bond donors (Lipinski definition) is 1. The lowest BCUT2D eigenvalue weighted by atomic mass is 9.90. The summed E-state index contributed by atoms with van der Waals surface area (Å²) in [6.07, 6.45) is 2.86. The number of carbonyl (C=O) groups is 2. The summed E-state index contributed by atoms with van der Waals surface area (Å²) in [6, 6.07) is 8.13. The molecule has 4 nitrogen and oxygen atoms in total. The van der Waals surface area contributed by atoms with Crippen LogP contribution >= 0.6 is 15.9 Å². The Hall–Kier alpha value is -1.36. The third kappa shape index (κ3) is 4.56. The SMILES string of the molecule is CCC(Cc1cccc(Br)c1)C(=O)N1CC(C(=O)O)CCC1C. The van der Waals surface area contributed by atoms with Crippen molar-refractivity contribution < 1.29 is 14.7 Å². The Morgan fingerprint density at radius 2 is 2.13 bits per heavy atom. The molecule has 1 fully saturated rings. The van der Waals surface area contributed by atoms with E-state index >= 15 is 0 Å². The molecule has 0 bridgehead atoms. The number of halogens is 1. The van der Waals surface area contributed by atoms with Gasteiger partial charge in [-0.1, -0.05) is 35.0 Å². The first-order chi connectivity index (χ1) is 10.9. The second kappa shape index (κ2) is 7.95. The van der Waals surface area contributed by atoms with Crippen LogP contribution in [0.5, 0.6) is 0 Å². The van der Waals surface area contributed by atoms with Crippen molar-refractivity contribution in [3.63, 3.8) is 0 Å². The van der Waals surface area contributed by atoms with E-state index in [1.54, 1.807) is 4.90 Å². The van der Waals surface area contributed by atoms with Gasteiger partial charge in [-0.15, -0.1) is 0 Å². The van der Waals surface area contributed by atoms with Crippen molar-refractivity contribution in [1.29, 1.82) is 0 Å². The van der Waals surface area contributed by atoms with E-state index in [4.69, 9.17) is 0 Å². The number of carboxylic acid groups (broad SMARTS) is 1. The van der Waals surface area contributed by atoms with Gasteiger partial charge in [0.15, 0.2) is 0 Å². The molecule has 1 heterocycles. The van der Waals surface area contributed by atoms with E-state index in [1.165, 1.54) is 0 Å². The maximum Gasteiger partial charge on any atom is 0.308 e. The Balaban J connectivity index is 2.10. The molecule has 1 N–H and O–H groups in total. The maximum atomic E-state index is 12.9. The van der Waals surface area contributed by atoms with Crippen LogP contribution in [-0.4, -0.2) is 34.5 Å². The summed E-state index contributed by atoms with van der Waals surface area (Å²) in [4.78, 5) is 26.0. The molecule has 0 aromatic heterocycles.